The van der Waals surface area contributed by atoms with Crippen LogP contribution in [-0.4, -0.2) is 18.7 Å². The van der Waals surface area contributed by atoms with E-state index in [1.165, 1.54) is 0 Å². The molecule has 2 rings (SSSR count). The molecular weight excluding hydrogens is 200 g/mol. The lowest BCUT2D eigenvalue weighted by molar-refractivity contribution is 0.209. The zero-order valence-electron chi connectivity index (χ0n) is 9.90. The predicted octanol–water partition coefficient (Wildman–Crippen LogP) is 2.55. The molecule has 0 bridgehead atoms. The quantitative estimate of drug-likeness (QED) is 0.723. The van der Waals surface area contributed by atoms with Crippen LogP contribution in [0.2, 0.25) is 0 Å². The summed E-state index contributed by atoms with van der Waals surface area (Å²) in [5, 5.41) is 8.86. The van der Waals surface area contributed by atoms with E-state index in [1.54, 1.807) is 0 Å². The van der Waals surface area contributed by atoms with Crippen LogP contribution in [0.3, 0.4) is 0 Å². The zero-order chi connectivity index (χ0) is 11.7. The van der Waals surface area contributed by atoms with Crippen molar-refractivity contribution >= 4 is 5.69 Å². The molecule has 16 heavy (non-hydrogen) atoms. The molecule has 3 heteroatoms. The van der Waals surface area contributed by atoms with E-state index < -0.39 is 0 Å². The van der Waals surface area contributed by atoms with Crippen LogP contribution in [0.1, 0.15) is 26.3 Å². The summed E-state index contributed by atoms with van der Waals surface area (Å²) in [6.07, 6.45) is 0.170. The Labute approximate surface area is 96.2 Å². The summed E-state index contributed by atoms with van der Waals surface area (Å²) in [6, 6.07) is 8.21. The second kappa shape index (κ2) is 4.05. The molecule has 0 N–H and O–H groups in total. The summed E-state index contributed by atoms with van der Waals surface area (Å²) in [5.74, 6) is 0.825. The lowest BCUT2D eigenvalue weighted by Gasteiger charge is -2.37. The molecule has 0 spiro atoms. The number of anilines is 1. The van der Waals surface area contributed by atoms with Crippen LogP contribution in [0.15, 0.2) is 18.2 Å². The van der Waals surface area contributed by atoms with Crippen molar-refractivity contribution in [1.29, 1.82) is 5.26 Å². The number of nitrogens with zero attached hydrogens (tertiary/aromatic N) is 2. The summed E-state index contributed by atoms with van der Waals surface area (Å²) < 4.78 is 5.76. The highest BCUT2D eigenvalue weighted by Crippen LogP contribution is 2.35. The monoisotopic (exact) mass is 216 g/mol. The summed E-state index contributed by atoms with van der Waals surface area (Å²) in [4.78, 5) is 2.31. The molecule has 1 heterocycles. The summed E-state index contributed by atoms with van der Waals surface area (Å²) >= 11 is 0. The second-order valence-corrected chi connectivity index (χ2v) is 4.47. The van der Waals surface area contributed by atoms with E-state index in [4.69, 9.17) is 10.00 Å². The van der Waals surface area contributed by atoms with Crippen molar-refractivity contribution in [2.45, 2.75) is 32.9 Å². The standard InChI is InChI=1S/C13H16N2O/c1-9(2)15-8-10(3)16-13-6-11(7-14)4-5-12(13)15/h4-6,9-10H,8H2,1-3H3. The van der Waals surface area contributed by atoms with Gasteiger partial charge in [-0.15, -0.1) is 0 Å². The molecule has 0 fully saturated rings. The summed E-state index contributed by atoms with van der Waals surface area (Å²) in [7, 11) is 0. The Kier molecular flexibility index (Phi) is 2.74. The van der Waals surface area contributed by atoms with Crippen molar-refractivity contribution < 1.29 is 4.74 Å². The Morgan fingerprint density at radius 3 is 2.88 bits per heavy atom. The van der Waals surface area contributed by atoms with Gasteiger partial charge in [-0.1, -0.05) is 0 Å². The Hall–Kier alpha value is -1.69. The smallest absolute Gasteiger partial charge is 0.144 e. The van der Waals surface area contributed by atoms with E-state index in [2.05, 4.69) is 31.7 Å². The van der Waals surface area contributed by atoms with Gasteiger partial charge in [0.2, 0.25) is 0 Å². The first-order valence-corrected chi connectivity index (χ1v) is 5.59. The summed E-state index contributed by atoms with van der Waals surface area (Å²) in [6.45, 7) is 7.29. The van der Waals surface area contributed by atoms with Crippen LogP contribution in [0, 0.1) is 11.3 Å². The van der Waals surface area contributed by atoms with Crippen molar-refractivity contribution in [3.63, 3.8) is 0 Å². The van der Waals surface area contributed by atoms with E-state index in [1.807, 2.05) is 18.2 Å². The number of nitriles is 1. The van der Waals surface area contributed by atoms with Crippen LogP contribution >= 0.6 is 0 Å². The number of fused-ring (bicyclic) bond motifs is 1. The predicted molar refractivity (Wildman–Crippen MR) is 63.7 cm³/mol. The molecule has 84 valence electrons. The van der Waals surface area contributed by atoms with E-state index in [0.29, 0.717) is 11.6 Å². The normalized spacial score (nSPS) is 18.9. The van der Waals surface area contributed by atoms with E-state index in [0.717, 1.165) is 18.0 Å². The van der Waals surface area contributed by atoms with Crippen molar-refractivity contribution in [1.82, 2.24) is 0 Å². The molecule has 1 aromatic rings. The van der Waals surface area contributed by atoms with Crippen molar-refractivity contribution in [2.24, 2.45) is 0 Å². The molecule has 0 aliphatic carbocycles. The average molecular weight is 216 g/mol. The third kappa shape index (κ3) is 1.83. The first-order chi connectivity index (χ1) is 7.61. The average Bonchev–Trinajstić information content (AvgIpc) is 2.26. The Morgan fingerprint density at radius 2 is 2.25 bits per heavy atom. The highest BCUT2D eigenvalue weighted by molar-refractivity contribution is 5.63. The minimum atomic E-state index is 0.170. The maximum absolute atomic E-state index is 8.86. The fraction of sp³-hybridized carbons (Fsp3) is 0.462. The van der Waals surface area contributed by atoms with Crippen LogP contribution in [0.25, 0.3) is 0 Å². The third-order valence-electron chi connectivity index (χ3n) is 2.80. The van der Waals surface area contributed by atoms with E-state index >= 15 is 0 Å². The Balaban J connectivity index is 2.44. The molecule has 1 unspecified atom stereocenters. The lowest BCUT2D eigenvalue weighted by atomic mass is 10.1. The van der Waals surface area contributed by atoms with Gasteiger partial charge in [0.05, 0.1) is 23.9 Å². The van der Waals surface area contributed by atoms with Gasteiger partial charge < -0.3 is 9.64 Å². The van der Waals surface area contributed by atoms with E-state index in [9.17, 15) is 0 Å². The molecular formula is C13H16N2O. The number of hydrogen-bond donors (Lipinski definition) is 0. The maximum Gasteiger partial charge on any atom is 0.144 e. The Bertz CT molecular complexity index is 434. The van der Waals surface area contributed by atoms with Gasteiger partial charge in [0.25, 0.3) is 0 Å². The van der Waals surface area contributed by atoms with Crippen LogP contribution in [0.4, 0.5) is 5.69 Å². The van der Waals surface area contributed by atoms with Crippen molar-refractivity contribution in [3.05, 3.63) is 23.8 Å². The molecule has 0 radical (unpaired) electrons. The van der Waals surface area contributed by atoms with Gasteiger partial charge >= 0.3 is 0 Å². The molecule has 1 atom stereocenters. The third-order valence-corrected chi connectivity index (χ3v) is 2.80. The molecule has 0 amide bonds. The van der Waals surface area contributed by atoms with Gasteiger partial charge in [-0.25, -0.2) is 0 Å². The molecule has 1 aliphatic heterocycles. The van der Waals surface area contributed by atoms with Crippen LogP contribution in [-0.2, 0) is 0 Å². The molecule has 1 aromatic carbocycles. The van der Waals surface area contributed by atoms with Gasteiger partial charge in [-0.3, -0.25) is 0 Å². The topological polar surface area (TPSA) is 36.3 Å². The molecule has 0 saturated carbocycles. The fourth-order valence-electron chi connectivity index (χ4n) is 2.03. The number of benzene rings is 1. The van der Waals surface area contributed by atoms with Gasteiger partial charge in [-0.2, -0.15) is 5.26 Å². The molecule has 3 nitrogen and oxygen atoms in total. The van der Waals surface area contributed by atoms with Gasteiger partial charge in [0.15, 0.2) is 0 Å². The number of ether oxygens (including phenoxy) is 1. The Morgan fingerprint density at radius 1 is 1.50 bits per heavy atom. The minimum absolute atomic E-state index is 0.170. The van der Waals surface area contributed by atoms with Crippen LogP contribution in [0.5, 0.6) is 5.75 Å². The number of hydrogen-bond acceptors (Lipinski definition) is 3. The minimum Gasteiger partial charge on any atom is -0.487 e. The SMILES string of the molecule is CC1CN(C(C)C)c2ccc(C#N)cc2O1. The summed E-state index contributed by atoms with van der Waals surface area (Å²) in [5.41, 5.74) is 1.74. The highest BCUT2D eigenvalue weighted by Gasteiger charge is 2.24. The van der Waals surface area contributed by atoms with Crippen molar-refractivity contribution in [2.75, 3.05) is 11.4 Å². The molecule has 0 aromatic heterocycles. The van der Waals surface area contributed by atoms with Gasteiger partial charge in [0.1, 0.15) is 11.9 Å². The second-order valence-electron chi connectivity index (χ2n) is 4.47. The van der Waals surface area contributed by atoms with Crippen LogP contribution < -0.4 is 9.64 Å². The van der Waals surface area contributed by atoms with E-state index in [-0.39, 0.29) is 6.10 Å². The van der Waals surface area contributed by atoms with Gasteiger partial charge in [0, 0.05) is 12.1 Å². The fourth-order valence-corrected chi connectivity index (χ4v) is 2.03. The largest absolute Gasteiger partial charge is 0.487 e. The maximum atomic E-state index is 8.86. The zero-order valence-corrected chi connectivity index (χ0v) is 9.90. The lowest BCUT2D eigenvalue weighted by Crippen LogP contribution is -2.42. The van der Waals surface area contributed by atoms with Gasteiger partial charge in [-0.05, 0) is 32.9 Å². The first-order valence-electron chi connectivity index (χ1n) is 5.59. The van der Waals surface area contributed by atoms with Crippen molar-refractivity contribution in [3.8, 4) is 11.8 Å². The molecule has 0 saturated heterocycles. The molecule has 1 aliphatic rings. The number of rotatable bonds is 1. The highest BCUT2D eigenvalue weighted by atomic mass is 16.5. The first kappa shape index (κ1) is 10.8.